The topological polar surface area (TPSA) is 42.4 Å². The summed E-state index contributed by atoms with van der Waals surface area (Å²) in [5.41, 5.74) is 1.14. The predicted molar refractivity (Wildman–Crippen MR) is 99.3 cm³/mol. The van der Waals surface area contributed by atoms with Crippen molar-refractivity contribution in [3.63, 3.8) is 0 Å². The summed E-state index contributed by atoms with van der Waals surface area (Å²) in [6, 6.07) is 10.5. The van der Waals surface area contributed by atoms with Gasteiger partial charge in [0.2, 0.25) is 0 Å². The molecule has 4 nitrogen and oxygen atoms in total. The molecule has 0 saturated carbocycles. The Labute approximate surface area is 157 Å². The van der Waals surface area contributed by atoms with Crippen molar-refractivity contribution in [3.8, 4) is 5.75 Å². The first-order valence-corrected chi connectivity index (χ1v) is 9.11. The highest BCUT2D eigenvalue weighted by molar-refractivity contribution is 6.35. The van der Waals surface area contributed by atoms with Crippen LogP contribution in [0.1, 0.15) is 35.9 Å². The molecule has 1 aromatic heterocycles. The largest absolute Gasteiger partial charge is 0.486 e. The summed E-state index contributed by atoms with van der Waals surface area (Å²) < 4.78 is 5.69. The van der Waals surface area contributed by atoms with Crippen molar-refractivity contribution in [3.05, 3.63) is 57.8 Å². The second kappa shape index (κ2) is 8.07. The molecule has 1 aliphatic heterocycles. The third kappa shape index (κ3) is 4.65. The first kappa shape index (κ1) is 18.0. The lowest BCUT2D eigenvalue weighted by Crippen LogP contribution is -2.38. The number of aromatic nitrogens is 1. The highest BCUT2D eigenvalue weighted by atomic mass is 35.5. The van der Waals surface area contributed by atoms with Crippen LogP contribution in [0.5, 0.6) is 5.75 Å². The van der Waals surface area contributed by atoms with Crippen LogP contribution in [-0.2, 0) is 6.61 Å². The third-order valence-electron chi connectivity index (χ3n) is 4.37. The van der Waals surface area contributed by atoms with Gasteiger partial charge < -0.3 is 9.64 Å². The van der Waals surface area contributed by atoms with Crippen molar-refractivity contribution in [2.45, 2.75) is 26.4 Å². The van der Waals surface area contributed by atoms with E-state index in [1.807, 2.05) is 17.0 Å². The first-order valence-electron chi connectivity index (χ1n) is 8.36. The molecule has 1 saturated heterocycles. The number of rotatable bonds is 4. The maximum Gasteiger partial charge on any atom is 0.272 e. The van der Waals surface area contributed by atoms with Gasteiger partial charge in [0.15, 0.2) is 0 Å². The molecule has 0 unspecified atom stereocenters. The van der Waals surface area contributed by atoms with Gasteiger partial charge in [0, 0.05) is 18.1 Å². The number of benzene rings is 1. The van der Waals surface area contributed by atoms with Crippen LogP contribution in [0.3, 0.4) is 0 Å². The van der Waals surface area contributed by atoms with Crippen LogP contribution in [0.25, 0.3) is 0 Å². The molecule has 0 atom stereocenters. The molecule has 132 valence electrons. The maximum atomic E-state index is 12.6. The molecular weight excluding hydrogens is 359 g/mol. The SMILES string of the molecule is CC1CCN(C(=O)c2cccc(COc3ccc(Cl)cc3Cl)n2)CC1. The van der Waals surface area contributed by atoms with Gasteiger partial charge in [-0.15, -0.1) is 0 Å². The third-order valence-corrected chi connectivity index (χ3v) is 4.90. The average Bonchev–Trinajstić information content (AvgIpc) is 2.61. The fraction of sp³-hybridized carbons (Fsp3) is 0.368. The van der Waals surface area contributed by atoms with Gasteiger partial charge in [-0.25, -0.2) is 4.98 Å². The zero-order valence-corrected chi connectivity index (χ0v) is 15.6. The molecular formula is C19H20Cl2N2O2. The Morgan fingerprint density at radius 1 is 1.24 bits per heavy atom. The molecule has 1 amide bonds. The second-order valence-electron chi connectivity index (χ2n) is 6.35. The standard InChI is InChI=1S/C19H20Cl2N2O2/c1-13-7-9-23(10-8-13)19(24)17-4-2-3-15(22-17)12-25-18-6-5-14(20)11-16(18)21/h2-6,11,13H,7-10,12H2,1H3. The summed E-state index contributed by atoms with van der Waals surface area (Å²) in [5.74, 6) is 1.20. The van der Waals surface area contributed by atoms with Crippen LogP contribution in [-0.4, -0.2) is 28.9 Å². The molecule has 2 aromatic rings. The van der Waals surface area contributed by atoms with E-state index in [4.69, 9.17) is 27.9 Å². The van der Waals surface area contributed by atoms with E-state index in [0.29, 0.717) is 33.1 Å². The van der Waals surface area contributed by atoms with Gasteiger partial charge >= 0.3 is 0 Å². The Morgan fingerprint density at radius 2 is 2.00 bits per heavy atom. The van der Waals surface area contributed by atoms with Crippen molar-refractivity contribution >= 4 is 29.1 Å². The number of hydrogen-bond donors (Lipinski definition) is 0. The highest BCUT2D eigenvalue weighted by Gasteiger charge is 2.22. The number of hydrogen-bond acceptors (Lipinski definition) is 3. The summed E-state index contributed by atoms with van der Waals surface area (Å²) >= 11 is 12.0. The van der Waals surface area contributed by atoms with Crippen molar-refractivity contribution in [1.29, 1.82) is 0 Å². The molecule has 0 radical (unpaired) electrons. The van der Waals surface area contributed by atoms with E-state index in [1.165, 1.54) is 0 Å². The van der Waals surface area contributed by atoms with Crippen LogP contribution in [0, 0.1) is 5.92 Å². The Bertz CT molecular complexity index is 759. The molecule has 25 heavy (non-hydrogen) atoms. The van der Waals surface area contributed by atoms with Gasteiger partial charge in [-0.2, -0.15) is 0 Å². The minimum Gasteiger partial charge on any atom is -0.486 e. The number of nitrogens with zero attached hydrogens (tertiary/aromatic N) is 2. The average molecular weight is 379 g/mol. The number of piperidine rings is 1. The van der Waals surface area contributed by atoms with Crippen molar-refractivity contribution in [1.82, 2.24) is 9.88 Å². The summed E-state index contributed by atoms with van der Waals surface area (Å²) in [6.45, 7) is 4.05. The number of ether oxygens (including phenoxy) is 1. The lowest BCUT2D eigenvalue weighted by atomic mass is 9.99. The lowest BCUT2D eigenvalue weighted by molar-refractivity contribution is 0.0690. The first-order chi connectivity index (χ1) is 12.0. The summed E-state index contributed by atoms with van der Waals surface area (Å²) in [6.07, 6.45) is 2.09. The van der Waals surface area contributed by atoms with Gasteiger partial charge in [0.25, 0.3) is 5.91 Å². The Balaban J connectivity index is 1.66. The van der Waals surface area contributed by atoms with Crippen molar-refractivity contribution in [2.75, 3.05) is 13.1 Å². The number of likely N-dealkylation sites (tertiary alicyclic amines) is 1. The predicted octanol–water partition coefficient (Wildman–Crippen LogP) is 4.84. The van der Waals surface area contributed by atoms with Crippen LogP contribution in [0.4, 0.5) is 0 Å². The number of carbonyl (C=O) groups excluding carboxylic acids is 1. The molecule has 6 heteroatoms. The fourth-order valence-corrected chi connectivity index (χ4v) is 3.26. The van der Waals surface area contributed by atoms with Crippen molar-refractivity contribution < 1.29 is 9.53 Å². The number of carbonyl (C=O) groups is 1. The van der Waals surface area contributed by atoms with E-state index >= 15 is 0 Å². The normalized spacial score (nSPS) is 15.2. The molecule has 1 aliphatic rings. The number of halogens is 2. The van der Waals surface area contributed by atoms with Gasteiger partial charge in [-0.05, 0) is 49.1 Å². The van der Waals surface area contributed by atoms with E-state index in [0.717, 1.165) is 25.9 Å². The monoisotopic (exact) mass is 378 g/mol. The van der Waals surface area contributed by atoms with Crippen LogP contribution >= 0.6 is 23.2 Å². The van der Waals surface area contributed by atoms with E-state index in [-0.39, 0.29) is 12.5 Å². The molecule has 1 fully saturated rings. The minimum absolute atomic E-state index is 0.0155. The van der Waals surface area contributed by atoms with Crippen LogP contribution in [0.15, 0.2) is 36.4 Å². The molecule has 3 rings (SSSR count). The Hall–Kier alpha value is -1.78. The summed E-state index contributed by atoms with van der Waals surface area (Å²) in [7, 11) is 0. The maximum absolute atomic E-state index is 12.6. The molecule has 0 N–H and O–H groups in total. The second-order valence-corrected chi connectivity index (χ2v) is 7.20. The quantitative estimate of drug-likeness (QED) is 0.764. The Kier molecular flexibility index (Phi) is 5.82. The molecule has 1 aromatic carbocycles. The van der Waals surface area contributed by atoms with E-state index in [9.17, 15) is 4.79 Å². The van der Waals surface area contributed by atoms with E-state index in [2.05, 4.69) is 11.9 Å². The van der Waals surface area contributed by atoms with Crippen molar-refractivity contribution in [2.24, 2.45) is 5.92 Å². The zero-order valence-electron chi connectivity index (χ0n) is 14.0. The smallest absolute Gasteiger partial charge is 0.272 e. The lowest BCUT2D eigenvalue weighted by Gasteiger charge is -2.30. The fourth-order valence-electron chi connectivity index (χ4n) is 2.80. The van der Waals surface area contributed by atoms with Gasteiger partial charge in [-0.3, -0.25) is 4.79 Å². The number of amides is 1. The highest BCUT2D eigenvalue weighted by Crippen LogP contribution is 2.28. The Morgan fingerprint density at radius 3 is 2.72 bits per heavy atom. The van der Waals surface area contributed by atoms with Gasteiger partial charge in [0.05, 0.1) is 10.7 Å². The molecule has 0 bridgehead atoms. The zero-order chi connectivity index (χ0) is 17.8. The molecule has 0 aliphatic carbocycles. The summed E-state index contributed by atoms with van der Waals surface area (Å²) in [4.78, 5) is 18.9. The minimum atomic E-state index is -0.0155. The van der Waals surface area contributed by atoms with Gasteiger partial charge in [0.1, 0.15) is 18.1 Å². The van der Waals surface area contributed by atoms with E-state index < -0.39 is 0 Å². The van der Waals surface area contributed by atoms with E-state index in [1.54, 1.807) is 24.3 Å². The van der Waals surface area contributed by atoms with Gasteiger partial charge in [-0.1, -0.05) is 36.2 Å². The number of pyridine rings is 1. The summed E-state index contributed by atoms with van der Waals surface area (Å²) in [5, 5.41) is 1.00. The molecule has 0 spiro atoms. The van der Waals surface area contributed by atoms with Crippen LogP contribution < -0.4 is 4.74 Å². The van der Waals surface area contributed by atoms with Crippen LogP contribution in [0.2, 0.25) is 10.0 Å². The molecule has 2 heterocycles.